The summed E-state index contributed by atoms with van der Waals surface area (Å²) in [4.78, 5) is 77.3. The molecule has 6 heterocycles. The quantitative estimate of drug-likeness (QED) is 0.0330. The van der Waals surface area contributed by atoms with E-state index in [0.29, 0.717) is 0 Å². The van der Waals surface area contributed by atoms with Gasteiger partial charge in [0.05, 0.1) is 26.6 Å². The zero-order chi connectivity index (χ0) is 59.1. The number of phosphoric acid groups is 2. The summed E-state index contributed by atoms with van der Waals surface area (Å²) >= 11 is 0. The lowest BCUT2D eigenvalue weighted by Crippen LogP contribution is -2.46. The maximum absolute atomic E-state index is 12.7. The molecule has 0 radical (unpaired) electrons. The van der Waals surface area contributed by atoms with Gasteiger partial charge in [-0.3, -0.25) is 37.1 Å². The van der Waals surface area contributed by atoms with Crippen LogP contribution in [-0.2, 0) is 57.2 Å². The van der Waals surface area contributed by atoms with E-state index >= 15 is 0 Å². The smallest absolute Gasteiger partial charge is 0.479 e. The van der Waals surface area contributed by atoms with Gasteiger partial charge in [0.1, 0.15) is 36.6 Å². The minimum absolute atomic E-state index is 0.00158. The van der Waals surface area contributed by atoms with Crippen LogP contribution in [0.15, 0.2) is 17.4 Å². The van der Waals surface area contributed by atoms with E-state index in [-0.39, 0.29) is 34.2 Å². The fourth-order valence-corrected chi connectivity index (χ4v) is 14.7. The number of aliphatic hydroxyl groups is 3. The molecule has 37 heteroatoms. The number of aromatic nitrogens is 8. The second-order valence-corrected chi connectivity index (χ2v) is 24.6. The Kier molecular flexibility index (Phi) is 27.0. The minimum atomic E-state index is -5.74. The molecule has 448 valence electrons. The van der Waals surface area contributed by atoms with Crippen LogP contribution < -0.4 is 26.7 Å². The Morgan fingerprint density at radius 1 is 0.731 bits per heavy atom. The van der Waals surface area contributed by atoms with Crippen molar-refractivity contribution in [2.45, 2.75) is 111 Å². The van der Waals surface area contributed by atoms with Crippen molar-refractivity contribution in [2.75, 3.05) is 96.6 Å². The van der Waals surface area contributed by atoms with Crippen molar-refractivity contribution in [3.8, 4) is 5.88 Å². The number of nitrogens with one attached hydrogen (secondary N) is 1. The van der Waals surface area contributed by atoms with E-state index in [9.17, 15) is 63.1 Å². The molecule has 0 saturated carbocycles. The first-order valence-corrected chi connectivity index (χ1v) is 31.5. The number of hydrogen-bond donors (Lipinski definition) is 10. The van der Waals surface area contributed by atoms with Gasteiger partial charge in [-0.15, -0.1) is 0 Å². The molecular weight excluding hydrogens is 1120 g/mol. The first-order valence-electron chi connectivity index (χ1n) is 24.9. The van der Waals surface area contributed by atoms with E-state index in [1.54, 1.807) is 0 Å². The highest BCUT2D eigenvalue weighted by atomic mass is 31.3. The number of nitrogens with zero attached hydrogens (tertiary/aromatic N) is 10. The molecule has 2 aliphatic rings. The van der Waals surface area contributed by atoms with Crippen LogP contribution in [0.3, 0.4) is 0 Å². The Morgan fingerprint density at radius 2 is 1.19 bits per heavy atom. The fraction of sp³-hybridized carbons (Fsp3) is 0.756. The summed E-state index contributed by atoms with van der Waals surface area (Å²) in [5, 5.41) is 44.2. The number of H-pyrrole nitrogens is 1. The molecule has 0 aliphatic carbocycles. The van der Waals surface area contributed by atoms with Crippen LogP contribution in [-0.4, -0.2) is 205 Å². The lowest BCUT2D eigenvalue weighted by Gasteiger charge is -2.22. The molecule has 0 amide bonds. The van der Waals surface area contributed by atoms with Crippen molar-refractivity contribution in [1.82, 2.24) is 48.8 Å². The average Bonchev–Trinajstić information content (AvgIpc) is 4.10. The van der Waals surface area contributed by atoms with Crippen LogP contribution in [0.5, 0.6) is 5.88 Å². The molecule has 0 aromatic carbocycles. The number of rotatable bonds is 24. The largest absolute Gasteiger partial charge is 0.856 e. The second-order valence-electron chi connectivity index (χ2n) is 17.2. The highest BCUT2D eigenvalue weighted by molar-refractivity contribution is 7.76. The van der Waals surface area contributed by atoms with Gasteiger partial charge in [-0.05, 0) is 58.9 Å². The van der Waals surface area contributed by atoms with Crippen molar-refractivity contribution < 1.29 is 94.7 Å². The third kappa shape index (κ3) is 19.1. The van der Waals surface area contributed by atoms with Gasteiger partial charge in [0.25, 0.3) is 11.5 Å². The van der Waals surface area contributed by atoms with Gasteiger partial charge in [-0.1, -0.05) is 67.3 Å². The van der Waals surface area contributed by atoms with Crippen LogP contribution in [0.4, 0.5) is 11.9 Å². The number of nitrogen functional groups attached to an aromatic ring is 2. The standard InChI is InChI=1S/C23H34N10O20P4.3C6H15N/c1-31-6-33(17-11(31)19(38)30-23(25)28-17)21-15(47-2)13(35)9(51-21)4-49-57(45,46)53-55(41,42)7-54(39,40)52-56(43,44)48-3-8-12(34)14(36)20(50-8)32-5-26-10-16(32)27-22(24)29-18(10)37;3*1-4-7(5-2)6-3/h5-6,8-9,12-15,20-21,34-36H,3-4,7H2,1-2H3,(H9-,24,25,27,28,29,30,37,38,39,40,41,42,43,44,45,46);3*4-6H2,1-3H3/t8-,9-,12-,13-,14-,15-,20-,21-;;;/m1.../s1. The lowest BCUT2D eigenvalue weighted by atomic mass is 10.1. The number of aliphatic hydroxyl groups excluding tert-OH is 3. The SMILES string of the molecule is CCN(CC)CC.CCN(CC)CC.CCN(CC)CC.CO[C@@H]1[C@H](O)[C@@H](COP(=O)(O)OP(=O)(O)CP(=O)(O)OP(=O)(O)OC[C@H]2O[C@@H](n3cnc4c(=O)[nH]c(N)nc43)[C@H](O)[C@@H]2O)O[C@H]1[n+]1cn(C)c2c([O-])nc(N)nc21. The Bertz CT molecular complexity index is 2720. The van der Waals surface area contributed by atoms with Crippen LogP contribution in [0.25, 0.3) is 22.3 Å². The Labute approximate surface area is 451 Å². The minimum Gasteiger partial charge on any atom is -0.856 e. The molecule has 12 atom stereocenters. The predicted molar refractivity (Wildman–Crippen MR) is 280 cm³/mol. The molecule has 0 bridgehead atoms. The normalized spacial score (nSPS) is 24.4. The van der Waals surface area contributed by atoms with E-state index in [1.165, 1.54) is 88.5 Å². The predicted octanol–water partition coefficient (Wildman–Crippen LogP) is 0.159. The first-order chi connectivity index (χ1) is 36.4. The molecule has 12 N–H and O–H groups in total. The van der Waals surface area contributed by atoms with Crippen LogP contribution in [0.1, 0.15) is 74.8 Å². The maximum atomic E-state index is 12.7. The molecule has 2 saturated heterocycles. The molecule has 4 unspecified atom stereocenters. The van der Waals surface area contributed by atoms with E-state index in [0.717, 1.165) is 10.9 Å². The van der Waals surface area contributed by atoms with E-state index < -0.39 is 110 Å². The molecule has 78 heavy (non-hydrogen) atoms. The second kappa shape index (κ2) is 30.6. The van der Waals surface area contributed by atoms with Crippen LogP contribution in [0, 0.1) is 0 Å². The Morgan fingerprint density at radius 3 is 1.63 bits per heavy atom. The third-order valence-corrected chi connectivity index (χ3v) is 19.8. The summed E-state index contributed by atoms with van der Waals surface area (Å²) in [7, 11) is -20.2. The highest BCUT2D eigenvalue weighted by Crippen LogP contribution is 2.70. The summed E-state index contributed by atoms with van der Waals surface area (Å²) in [6.45, 7) is 28.2. The topological polar surface area (TPSA) is 457 Å². The number of ether oxygens (including phenoxy) is 3. The number of aromatic amines is 1. The number of methoxy groups -OCH3 is 1. The zero-order valence-electron chi connectivity index (χ0n) is 45.6. The number of anilines is 2. The first kappa shape index (κ1) is 68.8. The number of nitrogens with two attached hydrogens (primary N) is 2. The van der Waals surface area contributed by atoms with Crippen molar-refractivity contribution in [3.63, 3.8) is 0 Å². The maximum Gasteiger partial charge on any atom is 0.479 e. The van der Waals surface area contributed by atoms with Crippen LogP contribution >= 0.6 is 30.8 Å². The number of imidazole rings is 2. The highest BCUT2D eigenvalue weighted by Gasteiger charge is 2.51. The summed E-state index contributed by atoms with van der Waals surface area (Å²) in [6, 6.07) is 0. The van der Waals surface area contributed by atoms with Gasteiger partial charge in [-0.2, -0.15) is 4.98 Å². The summed E-state index contributed by atoms with van der Waals surface area (Å²) in [5.41, 5.74) is 10.0. The average molecular weight is 1200 g/mol. The van der Waals surface area contributed by atoms with Gasteiger partial charge in [0.15, 0.2) is 35.1 Å². The summed E-state index contributed by atoms with van der Waals surface area (Å²) < 4.78 is 88.3. The number of fused-ring (bicyclic) bond motifs is 2. The fourth-order valence-electron chi connectivity index (χ4n) is 7.97. The number of aryl methyl sites for hydroxylation is 1. The zero-order valence-corrected chi connectivity index (χ0v) is 49.2. The van der Waals surface area contributed by atoms with E-state index in [4.69, 9.17) is 30.2 Å². The number of hydrogen-bond acceptors (Lipinski definition) is 25. The van der Waals surface area contributed by atoms with E-state index in [1.807, 2.05) is 0 Å². The van der Waals surface area contributed by atoms with Crippen molar-refractivity contribution >= 4 is 65.1 Å². The monoisotopic (exact) mass is 1200 g/mol. The van der Waals surface area contributed by atoms with Gasteiger partial charge in [0.2, 0.25) is 12.2 Å². The molecule has 4 aromatic rings. The van der Waals surface area contributed by atoms with Gasteiger partial charge in [0, 0.05) is 13.0 Å². The Balaban J connectivity index is 0.000000641. The third-order valence-electron chi connectivity index (χ3n) is 12.3. The molecular formula is C41H79N13O20P4. The molecule has 0 spiro atoms. The van der Waals surface area contributed by atoms with Gasteiger partial charge >= 0.3 is 36.5 Å². The lowest BCUT2D eigenvalue weighted by molar-refractivity contribution is -0.746. The molecule has 4 aromatic heterocycles. The van der Waals surface area contributed by atoms with Crippen molar-refractivity contribution in [3.05, 3.63) is 23.0 Å². The Hall–Kier alpha value is -3.46. The summed E-state index contributed by atoms with van der Waals surface area (Å²) in [6.07, 6.45) is -10.0. The number of phosphoric ester groups is 2. The van der Waals surface area contributed by atoms with Gasteiger partial charge < -0.3 is 80.4 Å². The van der Waals surface area contributed by atoms with Gasteiger partial charge in [-0.25, -0.2) is 32.3 Å². The molecule has 33 nitrogen and oxygen atoms in total. The van der Waals surface area contributed by atoms with Crippen LogP contribution in [0.2, 0.25) is 0 Å². The van der Waals surface area contributed by atoms with E-state index in [2.05, 4.69) is 115 Å². The molecule has 2 fully saturated rings. The summed E-state index contributed by atoms with van der Waals surface area (Å²) in [5.74, 6) is -3.51. The van der Waals surface area contributed by atoms with Crippen molar-refractivity contribution in [1.29, 1.82) is 0 Å². The van der Waals surface area contributed by atoms with Crippen molar-refractivity contribution in [2.24, 2.45) is 7.05 Å². The molecule has 2 aliphatic heterocycles. The molecule has 6 rings (SSSR count).